The van der Waals surface area contributed by atoms with Gasteiger partial charge in [-0.25, -0.2) is 4.98 Å². The molecule has 0 aliphatic heterocycles. The molecule has 2 rings (SSSR count). The van der Waals surface area contributed by atoms with E-state index in [1.54, 1.807) is 17.5 Å². The minimum Gasteiger partial charge on any atom is -0.461 e. The molecule has 0 saturated heterocycles. The second-order valence-corrected chi connectivity index (χ2v) is 5.79. The lowest BCUT2D eigenvalue weighted by Gasteiger charge is -2.03. The van der Waals surface area contributed by atoms with Gasteiger partial charge in [0.05, 0.1) is 11.4 Å². The van der Waals surface area contributed by atoms with Crippen LogP contribution in [-0.4, -0.2) is 11.0 Å². The number of carbonyl (C=O) groups excluding carboxylic acids is 1. The summed E-state index contributed by atoms with van der Waals surface area (Å²) in [4.78, 5) is 17.0. The molecule has 0 bridgehead atoms. The number of ether oxygens (including phenoxy) is 1. The van der Waals surface area contributed by atoms with Gasteiger partial charge in [-0.1, -0.05) is 44.2 Å². The number of rotatable bonds is 5. The lowest BCUT2D eigenvalue weighted by Crippen LogP contribution is -2.06. The summed E-state index contributed by atoms with van der Waals surface area (Å²) in [6, 6.07) is 9.69. The predicted molar refractivity (Wildman–Crippen MR) is 76.1 cm³/mol. The molecule has 0 aliphatic carbocycles. The van der Waals surface area contributed by atoms with Gasteiger partial charge in [0.15, 0.2) is 0 Å². The number of hydrogen-bond donors (Lipinski definition) is 0. The van der Waals surface area contributed by atoms with E-state index >= 15 is 0 Å². The fourth-order valence-corrected chi connectivity index (χ4v) is 2.51. The van der Waals surface area contributed by atoms with Crippen molar-refractivity contribution < 1.29 is 9.53 Å². The van der Waals surface area contributed by atoms with E-state index in [0.29, 0.717) is 18.9 Å². The van der Waals surface area contributed by atoms with Gasteiger partial charge in [-0.3, -0.25) is 4.79 Å². The van der Waals surface area contributed by atoms with Crippen LogP contribution in [0.2, 0.25) is 0 Å². The highest BCUT2D eigenvalue weighted by atomic mass is 32.1. The average molecular weight is 275 g/mol. The van der Waals surface area contributed by atoms with Crippen LogP contribution in [0.5, 0.6) is 0 Å². The molecule has 0 saturated carbocycles. The Morgan fingerprint density at radius 1 is 1.32 bits per heavy atom. The van der Waals surface area contributed by atoms with E-state index in [1.807, 2.05) is 30.3 Å². The number of thiazole rings is 1. The van der Waals surface area contributed by atoms with E-state index in [2.05, 4.69) is 18.8 Å². The molecular weight excluding hydrogens is 258 g/mol. The largest absolute Gasteiger partial charge is 0.461 e. The summed E-state index contributed by atoms with van der Waals surface area (Å²) in [7, 11) is 0. The molecule has 4 heteroatoms. The second-order valence-electron chi connectivity index (χ2n) is 4.64. The Morgan fingerprint density at radius 3 is 2.68 bits per heavy atom. The third-order valence-electron chi connectivity index (χ3n) is 2.63. The number of hydrogen-bond acceptors (Lipinski definition) is 4. The second kappa shape index (κ2) is 6.48. The molecule has 19 heavy (non-hydrogen) atoms. The quantitative estimate of drug-likeness (QED) is 0.783. The fraction of sp³-hybridized carbons (Fsp3) is 0.333. The maximum Gasteiger partial charge on any atom is 0.311 e. The van der Waals surface area contributed by atoms with Crippen molar-refractivity contribution in [3.05, 3.63) is 52.0 Å². The first kappa shape index (κ1) is 13.7. The summed E-state index contributed by atoms with van der Waals surface area (Å²) in [6.07, 6.45) is 2.07. The van der Waals surface area contributed by atoms with Crippen LogP contribution in [0.4, 0.5) is 0 Å². The molecule has 0 radical (unpaired) electrons. The molecule has 0 fully saturated rings. The number of benzene rings is 1. The number of aromatic nitrogens is 1. The molecule has 0 amide bonds. The third kappa shape index (κ3) is 4.17. The van der Waals surface area contributed by atoms with Crippen LogP contribution in [-0.2, 0) is 22.6 Å². The fourth-order valence-electron chi connectivity index (χ4n) is 1.60. The highest BCUT2D eigenvalue weighted by Gasteiger charge is 2.10. The Labute approximate surface area is 117 Å². The zero-order valence-electron chi connectivity index (χ0n) is 11.1. The Hall–Kier alpha value is -1.68. The van der Waals surface area contributed by atoms with E-state index in [1.165, 1.54) is 0 Å². The molecule has 0 unspecified atom stereocenters. The van der Waals surface area contributed by atoms with Gasteiger partial charge in [0.1, 0.15) is 6.61 Å². The zero-order chi connectivity index (χ0) is 13.7. The molecule has 0 atom stereocenters. The molecule has 1 aromatic heterocycles. The van der Waals surface area contributed by atoms with E-state index in [9.17, 15) is 4.79 Å². The topological polar surface area (TPSA) is 39.2 Å². The molecule has 100 valence electrons. The van der Waals surface area contributed by atoms with Crippen LogP contribution in [0.15, 0.2) is 36.5 Å². The van der Waals surface area contributed by atoms with Crippen molar-refractivity contribution in [3.8, 4) is 0 Å². The standard InChI is InChI=1S/C15H17NO2S/c1-11(2)15-16-9-13(19-15)8-14(17)18-10-12-6-4-3-5-7-12/h3-7,9,11H,8,10H2,1-2H3. The number of nitrogens with zero attached hydrogens (tertiary/aromatic N) is 1. The Kier molecular flexibility index (Phi) is 4.68. The van der Waals surface area contributed by atoms with Crippen LogP contribution < -0.4 is 0 Å². The van der Waals surface area contributed by atoms with Gasteiger partial charge in [-0.2, -0.15) is 0 Å². The van der Waals surface area contributed by atoms with Gasteiger partial charge in [0, 0.05) is 17.0 Å². The first-order valence-electron chi connectivity index (χ1n) is 6.29. The van der Waals surface area contributed by atoms with Crippen molar-refractivity contribution in [2.24, 2.45) is 0 Å². The van der Waals surface area contributed by atoms with Crippen LogP contribution in [0, 0.1) is 0 Å². The van der Waals surface area contributed by atoms with Gasteiger partial charge < -0.3 is 4.74 Å². The maximum atomic E-state index is 11.7. The van der Waals surface area contributed by atoms with Crippen LogP contribution >= 0.6 is 11.3 Å². The summed E-state index contributed by atoms with van der Waals surface area (Å²) < 4.78 is 5.24. The smallest absolute Gasteiger partial charge is 0.311 e. The monoisotopic (exact) mass is 275 g/mol. The lowest BCUT2D eigenvalue weighted by atomic mass is 10.2. The van der Waals surface area contributed by atoms with Crippen LogP contribution in [0.3, 0.4) is 0 Å². The molecule has 2 aromatic rings. The summed E-state index contributed by atoms with van der Waals surface area (Å²) in [6.45, 7) is 4.52. The Morgan fingerprint density at radius 2 is 2.05 bits per heavy atom. The van der Waals surface area contributed by atoms with Gasteiger partial charge in [0.2, 0.25) is 0 Å². The molecule has 1 heterocycles. The van der Waals surface area contributed by atoms with Gasteiger partial charge in [0.25, 0.3) is 0 Å². The minimum absolute atomic E-state index is 0.206. The van der Waals surface area contributed by atoms with Crippen molar-refractivity contribution in [2.75, 3.05) is 0 Å². The van der Waals surface area contributed by atoms with Crippen LogP contribution in [0.1, 0.15) is 35.2 Å². The first-order chi connectivity index (χ1) is 9.15. The van der Waals surface area contributed by atoms with E-state index in [4.69, 9.17) is 4.74 Å². The van der Waals surface area contributed by atoms with Gasteiger partial charge >= 0.3 is 5.97 Å². The van der Waals surface area contributed by atoms with E-state index in [0.717, 1.165) is 15.4 Å². The zero-order valence-corrected chi connectivity index (χ0v) is 11.9. The minimum atomic E-state index is -0.206. The van der Waals surface area contributed by atoms with Crippen molar-refractivity contribution in [1.29, 1.82) is 0 Å². The molecular formula is C15H17NO2S. The highest BCUT2D eigenvalue weighted by molar-refractivity contribution is 7.11. The van der Waals surface area contributed by atoms with Gasteiger partial charge in [-0.05, 0) is 5.56 Å². The van der Waals surface area contributed by atoms with Crippen molar-refractivity contribution in [2.45, 2.75) is 32.8 Å². The molecule has 0 aliphatic rings. The molecule has 0 N–H and O–H groups in total. The summed E-state index contributed by atoms with van der Waals surface area (Å²) in [5.74, 6) is 0.196. The molecule has 3 nitrogen and oxygen atoms in total. The lowest BCUT2D eigenvalue weighted by molar-refractivity contribution is -0.144. The summed E-state index contributed by atoms with van der Waals surface area (Å²) in [5, 5.41) is 1.06. The van der Waals surface area contributed by atoms with E-state index < -0.39 is 0 Å². The summed E-state index contributed by atoms with van der Waals surface area (Å²) >= 11 is 1.58. The average Bonchev–Trinajstić information content (AvgIpc) is 2.86. The van der Waals surface area contributed by atoms with Crippen molar-refractivity contribution in [3.63, 3.8) is 0 Å². The van der Waals surface area contributed by atoms with Crippen molar-refractivity contribution in [1.82, 2.24) is 4.98 Å². The normalized spacial score (nSPS) is 10.7. The van der Waals surface area contributed by atoms with Crippen LogP contribution in [0.25, 0.3) is 0 Å². The third-order valence-corrected chi connectivity index (χ3v) is 3.92. The Balaban J connectivity index is 1.84. The SMILES string of the molecule is CC(C)c1ncc(CC(=O)OCc2ccccc2)s1. The molecule has 0 spiro atoms. The van der Waals surface area contributed by atoms with Gasteiger partial charge in [-0.15, -0.1) is 11.3 Å². The number of carbonyl (C=O) groups is 1. The molecule has 1 aromatic carbocycles. The Bertz CT molecular complexity index is 534. The highest BCUT2D eigenvalue weighted by Crippen LogP contribution is 2.21. The number of esters is 1. The summed E-state index contributed by atoms with van der Waals surface area (Å²) in [5.41, 5.74) is 1.00. The van der Waals surface area contributed by atoms with Crippen molar-refractivity contribution >= 4 is 17.3 Å². The van der Waals surface area contributed by atoms with E-state index in [-0.39, 0.29) is 5.97 Å². The predicted octanol–water partition coefficient (Wildman–Crippen LogP) is 3.55. The first-order valence-corrected chi connectivity index (χ1v) is 7.11. The maximum absolute atomic E-state index is 11.7.